The van der Waals surface area contributed by atoms with Crippen LogP contribution in [0.5, 0.6) is 0 Å². The molecule has 8 heteroatoms. The van der Waals surface area contributed by atoms with Crippen molar-refractivity contribution in [1.29, 1.82) is 0 Å². The highest BCUT2D eigenvalue weighted by atomic mass is 32.1. The first kappa shape index (κ1) is 24.9. The van der Waals surface area contributed by atoms with Gasteiger partial charge in [0, 0.05) is 42.2 Å². The molecule has 0 saturated carbocycles. The highest BCUT2D eigenvalue weighted by Gasteiger charge is 2.31. The van der Waals surface area contributed by atoms with Crippen LogP contribution in [0, 0.1) is 5.82 Å². The van der Waals surface area contributed by atoms with Gasteiger partial charge in [-0.1, -0.05) is 37.3 Å². The molecule has 1 aromatic heterocycles. The number of piperazine rings is 1. The third-order valence-electron chi connectivity index (χ3n) is 6.11. The first-order valence-electron chi connectivity index (χ1n) is 11.9. The molecule has 3 aromatic rings. The maximum Gasteiger partial charge on any atom is 0.409 e. The molecule has 1 N–H and O–H groups in total. The summed E-state index contributed by atoms with van der Waals surface area (Å²) in [5, 5.41) is 3.91. The van der Waals surface area contributed by atoms with Crippen LogP contribution < -0.4 is 5.32 Å². The number of hydrogen-bond acceptors (Lipinski definition) is 5. The Bertz CT molecular complexity index is 1140. The standard InChI is InChI=1S/C27H30FN3O3S/c1-3-22-18-23(26(35-22)29-25(32)20-8-6-5-7-9-20)24(19-10-12-21(28)13-11-19)30-14-16-31(17-15-30)27(33)34-4-2/h5-13,18,24H,3-4,14-17H2,1-2H3,(H,29,32)/t24-/m0/s1. The third-order valence-corrected chi connectivity index (χ3v) is 7.32. The summed E-state index contributed by atoms with van der Waals surface area (Å²) in [6, 6.07) is 17.6. The van der Waals surface area contributed by atoms with E-state index in [2.05, 4.69) is 23.2 Å². The van der Waals surface area contributed by atoms with E-state index in [4.69, 9.17) is 4.74 Å². The second-order valence-electron chi connectivity index (χ2n) is 8.35. The van der Waals surface area contributed by atoms with E-state index in [9.17, 15) is 14.0 Å². The molecule has 0 radical (unpaired) electrons. The lowest BCUT2D eigenvalue weighted by Gasteiger charge is -2.39. The van der Waals surface area contributed by atoms with Crippen LogP contribution in [-0.2, 0) is 11.2 Å². The molecule has 0 unspecified atom stereocenters. The molecule has 2 heterocycles. The van der Waals surface area contributed by atoms with Crippen LogP contribution in [0.4, 0.5) is 14.2 Å². The van der Waals surface area contributed by atoms with Gasteiger partial charge in [-0.15, -0.1) is 11.3 Å². The average molecular weight is 496 g/mol. The Morgan fingerprint density at radius 1 is 1.03 bits per heavy atom. The van der Waals surface area contributed by atoms with E-state index in [1.165, 1.54) is 12.1 Å². The van der Waals surface area contributed by atoms with Gasteiger partial charge >= 0.3 is 6.09 Å². The van der Waals surface area contributed by atoms with Crippen LogP contribution in [0.3, 0.4) is 0 Å². The molecule has 0 aliphatic carbocycles. The van der Waals surface area contributed by atoms with Gasteiger partial charge in [-0.2, -0.15) is 0 Å². The number of nitrogens with one attached hydrogen (secondary N) is 1. The van der Waals surface area contributed by atoms with E-state index >= 15 is 0 Å². The molecular weight excluding hydrogens is 465 g/mol. The SMILES string of the molecule is CCOC(=O)N1CCN([C@@H](c2ccc(F)cc2)c2cc(CC)sc2NC(=O)c2ccccc2)CC1. The van der Waals surface area contributed by atoms with Crippen LogP contribution in [0.1, 0.15) is 46.3 Å². The lowest BCUT2D eigenvalue weighted by molar-refractivity contribution is 0.0715. The minimum Gasteiger partial charge on any atom is -0.450 e. The second kappa shape index (κ2) is 11.5. The van der Waals surface area contributed by atoms with Gasteiger partial charge in [-0.25, -0.2) is 9.18 Å². The number of carbonyl (C=O) groups excluding carboxylic acids is 2. The predicted octanol–water partition coefficient (Wildman–Crippen LogP) is 5.57. The monoisotopic (exact) mass is 495 g/mol. The van der Waals surface area contributed by atoms with E-state index in [1.54, 1.807) is 47.4 Å². The Morgan fingerprint density at radius 3 is 2.34 bits per heavy atom. The fourth-order valence-corrected chi connectivity index (χ4v) is 5.33. The van der Waals surface area contributed by atoms with E-state index in [1.807, 2.05) is 18.2 Å². The summed E-state index contributed by atoms with van der Waals surface area (Å²) in [6.07, 6.45) is 0.538. The van der Waals surface area contributed by atoms with Crippen molar-refractivity contribution in [3.05, 3.63) is 88.0 Å². The van der Waals surface area contributed by atoms with Gasteiger partial charge in [0.15, 0.2) is 0 Å². The minimum atomic E-state index is -0.301. The number of thiophene rings is 1. The smallest absolute Gasteiger partial charge is 0.409 e. The van der Waals surface area contributed by atoms with E-state index < -0.39 is 0 Å². The number of benzene rings is 2. The van der Waals surface area contributed by atoms with Gasteiger partial charge in [-0.05, 0) is 49.2 Å². The number of hydrogen-bond donors (Lipinski definition) is 1. The molecule has 35 heavy (non-hydrogen) atoms. The van der Waals surface area contributed by atoms with Gasteiger partial charge in [0.05, 0.1) is 12.6 Å². The first-order chi connectivity index (χ1) is 17.0. The predicted molar refractivity (Wildman–Crippen MR) is 137 cm³/mol. The highest BCUT2D eigenvalue weighted by Crippen LogP contribution is 2.40. The normalized spacial score (nSPS) is 15.0. The summed E-state index contributed by atoms with van der Waals surface area (Å²) in [5.74, 6) is -0.460. The molecule has 1 saturated heterocycles. The van der Waals surface area contributed by atoms with Gasteiger partial charge in [-0.3, -0.25) is 9.69 Å². The number of amides is 2. The second-order valence-corrected chi connectivity index (χ2v) is 9.48. The van der Waals surface area contributed by atoms with Gasteiger partial charge in [0.2, 0.25) is 0 Å². The minimum absolute atomic E-state index is 0.165. The Hall–Kier alpha value is -3.23. The Kier molecular flexibility index (Phi) is 8.15. The Morgan fingerprint density at radius 2 is 1.71 bits per heavy atom. The van der Waals surface area contributed by atoms with Crippen molar-refractivity contribution < 1.29 is 18.7 Å². The maximum absolute atomic E-state index is 13.8. The largest absolute Gasteiger partial charge is 0.450 e. The molecule has 0 bridgehead atoms. The number of rotatable bonds is 7. The zero-order valence-corrected chi connectivity index (χ0v) is 20.8. The van der Waals surface area contributed by atoms with Gasteiger partial charge in [0.25, 0.3) is 5.91 Å². The average Bonchev–Trinajstić information content (AvgIpc) is 3.28. The van der Waals surface area contributed by atoms with Crippen molar-refractivity contribution >= 4 is 28.3 Å². The Labute approximate surface area is 209 Å². The number of anilines is 1. The van der Waals surface area contributed by atoms with Crippen molar-refractivity contribution in [2.45, 2.75) is 26.3 Å². The van der Waals surface area contributed by atoms with Crippen LogP contribution in [-0.4, -0.2) is 54.6 Å². The van der Waals surface area contributed by atoms with E-state index in [0.29, 0.717) is 38.3 Å². The van der Waals surface area contributed by atoms with Crippen molar-refractivity contribution in [2.24, 2.45) is 0 Å². The topological polar surface area (TPSA) is 61.9 Å². The first-order valence-corrected chi connectivity index (χ1v) is 12.7. The lowest BCUT2D eigenvalue weighted by Crippen LogP contribution is -2.50. The van der Waals surface area contributed by atoms with Crippen molar-refractivity contribution in [1.82, 2.24) is 9.80 Å². The quantitative estimate of drug-likeness (QED) is 0.466. The number of ether oxygens (including phenoxy) is 1. The zero-order valence-electron chi connectivity index (χ0n) is 20.0. The molecule has 4 rings (SSSR count). The Balaban J connectivity index is 1.66. The number of halogens is 1. The van der Waals surface area contributed by atoms with Crippen molar-refractivity contribution in [3.8, 4) is 0 Å². The molecule has 1 atom stereocenters. The fraction of sp³-hybridized carbons (Fsp3) is 0.333. The summed E-state index contributed by atoms with van der Waals surface area (Å²) in [7, 11) is 0. The van der Waals surface area contributed by atoms with Crippen LogP contribution in [0.15, 0.2) is 60.7 Å². The van der Waals surface area contributed by atoms with E-state index in [0.717, 1.165) is 27.4 Å². The molecule has 184 valence electrons. The number of nitrogens with zero attached hydrogens (tertiary/aromatic N) is 2. The molecule has 6 nitrogen and oxygen atoms in total. The van der Waals surface area contributed by atoms with E-state index in [-0.39, 0.29) is 23.9 Å². The molecule has 2 aromatic carbocycles. The molecule has 2 amide bonds. The summed E-state index contributed by atoms with van der Waals surface area (Å²) in [4.78, 5) is 30.3. The zero-order chi connectivity index (χ0) is 24.8. The summed E-state index contributed by atoms with van der Waals surface area (Å²) in [6.45, 7) is 6.56. The van der Waals surface area contributed by atoms with Crippen LogP contribution in [0.25, 0.3) is 0 Å². The fourth-order valence-electron chi connectivity index (χ4n) is 4.31. The molecule has 0 spiro atoms. The van der Waals surface area contributed by atoms with Crippen LogP contribution in [0.2, 0.25) is 0 Å². The molecular formula is C27H30FN3O3S. The maximum atomic E-state index is 13.8. The van der Waals surface area contributed by atoms with Gasteiger partial charge < -0.3 is 15.0 Å². The van der Waals surface area contributed by atoms with Crippen molar-refractivity contribution in [2.75, 3.05) is 38.1 Å². The van der Waals surface area contributed by atoms with Crippen LogP contribution >= 0.6 is 11.3 Å². The molecule has 1 aliphatic heterocycles. The number of carbonyl (C=O) groups is 2. The summed E-state index contributed by atoms with van der Waals surface area (Å²) < 4.78 is 18.9. The van der Waals surface area contributed by atoms with Crippen molar-refractivity contribution in [3.63, 3.8) is 0 Å². The number of aryl methyl sites for hydroxylation is 1. The highest BCUT2D eigenvalue weighted by molar-refractivity contribution is 7.16. The third kappa shape index (κ3) is 5.89. The van der Waals surface area contributed by atoms with Gasteiger partial charge in [0.1, 0.15) is 10.8 Å². The lowest BCUT2D eigenvalue weighted by atomic mass is 9.97. The molecule has 1 fully saturated rings. The summed E-state index contributed by atoms with van der Waals surface area (Å²) in [5.41, 5.74) is 2.50. The molecule has 1 aliphatic rings. The summed E-state index contributed by atoms with van der Waals surface area (Å²) >= 11 is 1.57.